The summed E-state index contributed by atoms with van der Waals surface area (Å²) in [6.45, 7) is 2.33. The first-order chi connectivity index (χ1) is 11.6. The molecule has 0 saturated carbocycles. The average Bonchev–Trinajstić information content (AvgIpc) is 3.13. The summed E-state index contributed by atoms with van der Waals surface area (Å²) in [5.74, 6) is -1.44. The molecule has 0 N–H and O–H groups in total. The van der Waals surface area contributed by atoms with Crippen LogP contribution in [0.2, 0.25) is 0 Å². The molecule has 0 bridgehead atoms. The molecule has 2 heterocycles. The second-order valence-electron chi connectivity index (χ2n) is 6.22. The van der Waals surface area contributed by atoms with Gasteiger partial charge in [-0.05, 0) is 12.0 Å². The second kappa shape index (κ2) is 6.81. The van der Waals surface area contributed by atoms with Gasteiger partial charge in [0.1, 0.15) is 12.6 Å². The van der Waals surface area contributed by atoms with Gasteiger partial charge in [0.05, 0.1) is 12.5 Å². The molecule has 24 heavy (non-hydrogen) atoms. The number of carbonyl (C=O) groups excluding carboxylic acids is 2. The summed E-state index contributed by atoms with van der Waals surface area (Å²) in [4.78, 5) is 26.1. The van der Waals surface area contributed by atoms with Crippen LogP contribution in [0.15, 0.2) is 30.3 Å². The standard InChI is InChI=1S/C18H23NO5/c1-3-4-10-18(22-2)15(11-16(20)24-18)19-14(12-23-17(19)21)13-8-6-5-7-9-13/h5-9,14-15H,3-4,10-12H2,1-2H3/t14-,15+,18+/m1/s1. The molecule has 2 aliphatic rings. The average molecular weight is 333 g/mol. The maximum absolute atomic E-state index is 12.4. The number of rotatable bonds is 6. The van der Waals surface area contributed by atoms with Gasteiger partial charge in [-0.25, -0.2) is 4.79 Å². The number of carbonyl (C=O) groups is 2. The van der Waals surface area contributed by atoms with E-state index in [1.165, 1.54) is 7.11 Å². The number of unbranched alkanes of at least 4 members (excludes halogenated alkanes) is 1. The van der Waals surface area contributed by atoms with E-state index in [1.54, 1.807) is 4.90 Å². The summed E-state index contributed by atoms with van der Waals surface area (Å²) in [5, 5.41) is 0. The minimum absolute atomic E-state index is 0.121. The molecule has 1 aromatic carbocycles. The van der Waals surface area contributed by atoms with Crippen LogP contribution in [0, 0.1) is 0 Å². The highest BCUT2D eigenvalue weighted by Crippen LogP contribution is 2.42. The lowest BCUT2D eigenvalue weighted by molar-refractivity contribution is -0.221. The molecule has 2 aliphatic heterocycles. The SMILES string of the molecule is CCCC[C@]1(OC)OC(=O)C[C@@H]1N1C(=O)OC[C@@H]1c1ccccc1. The van der Waals surface area contributed by atoms with Crippen LogP contribution in [0.1, 0.15) is 44.2 Å². The predicted octanol–water partition coefficient (Wildman–Crippen LogP) is 3.03. The van der Waals surface area contributed by atoms with Gasteiger partial charge in [-0.15, -0.1) is 0 Å². The topological polar surface area (TPSA) is 65.1 Å². The van der Waals surface area contributed by atoms with Gasteiger partial charge in [0.2, 0.25) is 5.79 Å². The minimum atomic E-state index is -1.09. The zero-order chi connectivity index (χ0) is 17.2. The first-order valence-electron chi connectivity index (χ1n) is 8.38. The second-order valence-corrected chi connectivity index (χ2v) is 6.22. The summed E-state index contributed by atoms with van der Waals surface area (Å²) in [6, 6.07) is 8.96. The van der Waals surface area contributed by atoms with Crippen molar-refractivity contribution in [2.75, 3.05) is 13.7 Å². The Morgan fingerprint density at radius 2 is 2.04 bits per heavy atom. The number of methoxy groups -OCH3 is 1. The quantitative estimate of drug-likeness (QED) is 0.749. The Hall–Kier alpha value is -2.08. The van der Waals surface area contributed by atoms with Crippen LogP contribution < -0.4 is 0 Å². The highest BCUT2D eigenvalue weighted by atomic mass is 16.7. The van der Waals surface area contributed by atoms with E-state index in [4.69, 9.17) is 14.2 Å². The van der Waals surface area contributed by atoms with Crippen molar-refractivity contribution >= 4 is 12.1 Å². The van der Waals surface area contributed by atoms with Gasteiger partial charge in [-0.2, -0.15) is 0 Å². The summed E-state index contributed by atoms with van der Waals surface area (Å²) in [6.07, 6.45) is 2.04. The maximum Gasteiger partial charge on any atom is 0.410 e. The number of ether oxygens (including phenoxy) is 3. The Balaban J connectivity index is 1.93. The number of hydrogen-bond acceptors (Lipinski definition) is 5. The van der Waals surface area contributed by atoms with Gasteiger partial charge >= 0.3 is 12.1 Å². The Morgan fingerprint density at radius 3 is 2.71 bits per heavy atom. The van der Waals surface area contributed by atoms with Gasteiger partial charge in [-0.1, -0.05) is 43.7 Å². The van der Waals surface area contributed by atoms with Crippen molar-refractivity contribution < 1.29 is 23.8 Å². The molecule has 0 radical (unpaired) electrons. The largest absolute Gasteiger partial charge is 0.447 e. The molecule has 6 heteroatoms. The lowest BCUT2D eigenvalue weighted by atomic mass is 9.96. The van der Waals surface area contributed by atoms with Crippen molar-refractivity contribution in [3.63, 3.8) is 0 Å². The van der Waals surface area contributed by atoms with Gasteiger partial charge in [0.25, 0.3) is 0 Å². The number of hydrogen-bond donors (Lipinski definition) is 0. The third kappa shape index (κ3) is 2.86. The Morgan fingerprint density at radius 1 is 1.29 bits per heavy atom. The summed E-state index contributed by atoms with van der Waals surface area (Å²) in [7, 11) is 1.53. The molecule has 2 saturated heterocycles. The van der Waals surface area contributed by atoms with E-state index < -0.39 is 17.9 Å². The van der Waals surface area contributed by atoms with Gasteiger partial charge in [-0.3, -0.25) is 9.69 Å². The van der Waals surface area contributed by atoms with Crippen LogP contribution in [0.3, 0.4) is 0 Å². The molecule has 3 rings (SSSR count). The van der Waals surface area contributed by atoms with Crippen LogP contribution in [-0.4, -0.2) is 42.5 Å². The number of esters is 1. The van der Waals surface area contributed by atoms with Crippen molar-refractivity contribution in [3.05, 3.63) is 35.9 Å². The molecule has 130 valence electrons. The zero-order valence-corrected chi connectivity index (χ0v) is 14.1. The van der Waals surface area contributed by atoms with E-state index >= 15 is 0 Å². The molecule has 0 aromatic heterocycles. The van der Waals surface area contributed by atoms with Crippen molar-refractivity contribution in [2.45, 2.75) is 50.5 Å². The maximum atomic E-state index is 12.4. The van der Waals surface area contributed by atoms with Crippen LogP contribution >= 0.6 is 0 Å². The minimum Gasteiger partial charge on any atom is -0.447 e. The fourth-order valence-corrected chi connectivity index (χ4v) is 3.56. The zero-order valence-electron chi connectivity index (χ0n) is 14.1. The molecule has 1 amide bonds. The van der Waals surface area contributed by atoms with E-state index in [-0.39, 0.29) is 25.0 Å². The first kappa shape index (κ1) is 16.8. The molecule has 3 atom stereocenters. The third-order valence-electron chi connectivity index (χ3n) is 4.81. The molecular weight excluding hydrogens is 310 g/mol. The normalized spacial score (nSPS) is 29.7. The molecular formula is C18H23NO5. The summed E-state index contributed by atoms with van der Waals surface area (Å²) >= 11 is 0. The lowest BCUT2D eigenvalue weighted by Gasteiger charge is -2.38. The predicted molar refractivity (Wildman–Crippen MR) is 86.1 cm³/mol. The van der Waals surface area contributed by atoms with E-state index in [0.717, 1.165) is 18.4 Å². The molecule has 0 unspecified atom stereocenters. The molecule has 6 nitrogen and oxygen atoms in total. The molecule has 1 aromatic rings. The highest BCUT2D eigenvalue weighted by Gasteiger charge is 2.56. The van der Waals surface area contributed by atoms with Crippen LogP contribution in [0.25, 0.3) is 0 Å². The number of cyclic esters (lactones) is 2. The first-order valence-corrected chi connectivity index (χ1v) is 8.38. The number of nitrogens with zero attached hydrogens (tertiary/aromatic N) is 1. The van der Waals surface area contributed by atoms with E-state index in [2.05, 4.69) is 6.92 Å². The van der Waals surface area contributed by atoms with Gasteiger partial charge in [0, 0.05) is 13.5 Å². The van der Waals surface area contributed by atoms with Crippen molar-refractivity contribution in [1.29, 1.82) is 0 Å². The van der Waals surface area contributed by atoms with E-state index in [9.17, 15) is 9.59 Å². The van der Waals surface area contributed by atoms with Crippen molar-refractivity contribution in [1.82, 2.24) is 4.90 Å². The number of amides is 1. The van der Waals surface area contributed by atoms with Gasteiger partial charge in [0.15, 0.2) is 0 Å². The molecule has 2 fully saturated rings. The molecule has 0 spiro atoms. The Bertz CT molecular complexity index is 605. The highest BCUT2D eigenvalue weighted by molar-refractivity contribution is 5.77. The smallest absolute Gasteiger partial charge is 0.410 e. The van der Waals surface area contributed by atoms with Crippen molar-refractivity contribution in [3.8, 4) is 0 Å². The van der Waals surface area contributed by atoms with Crippen LogP contribution in [0.4, 0.5) is 4.79 Å². The third-order valence-corrected chi connectivity index (χ3v) is 4.81. The Labute approximate surface area is 141 Å². The fraction of sp³-hybridized carbons (Fsp3) is 0.556. The van der Waals surface area contributed by atoms with E-state index in [0.29, 0.717) is 6.42 Å². The van der Waals surface area contributed by atoms with Crippen LogP contribution in [-0.2, 0) is 19.0 Å². The summed E-state index contributed by atoms with van der Waals surface area (Å²) in [5.41, 5.74) is 0.975. The van der Waals surface area contributed by atoms with Crippen molar-refractivity contribution in [2.24, 2.45) is 0 Å². The molecule has 0 aliphatic carbocycles. The monoisotopic (exact) mass is 333 g/mol. The fourth-order valence-electron chi connectivity index (χ4n) is 3.56. The lowest BCUT2D eigenvalue weighted by Crippen LogP contribution is -2.52. The van der Waals surface area contributed by atoms with E-state index in [1.807, 2.05) is 30.3 Å². The number of benzene rings is 1. The van der Waals surface area contributed by atoms with Gasteiger partial charge < -0.3 is 14.2 Å². The summed E-state index contributed by atoms with van der Waals surface area (Å²) < 4.78 is 16.5. The Kier molecular flexibility index (Phi) is 4.76. The van der Waals surface area contributed by atoms with Crippen LogP contribution in [0.5, 0.6) is 0 Å².